The quantitative estimate of drug-likeness (QED) is 0.820. The molecule has 0 radical (unpaired) electrons. The van der Waals surface area contributed by atoms with Gasteiger partial charge in [-0.05, 0) is 77.1 Å². The highest BCUT2D eigenvalue weighted by Crippen LogP contribution is 2.34. The maximum absolute atomic E-state index is 9.33. The number of pyridine rings is 2. The summed E-state index contributed by atoms with van der Waals surface area (Å²) in [6, 6.07) is 8.08. The average Bonchev–Trinajstić information content (AvgIpc) is 2.49. The summed E-state index contributed by atoms with van der Waals surface area (Å²) < 4.78 is 0.924. The minimum Gasteiger partial charge on any atom is -0.248 e. The van der Waals surface area contributed by atoms with Gasteiger partial charge in [-0.15, -0.1) is 0 Å². The van der Waals surface area contributed by atoms with Gasteiger partial charge in [0, 0.05) is 11.9 Å². The first-order valence-electron chi connectivity index (χ1n) is 6.49. The predicted molar refractivity (Wildman–Crippen MR) is 81.7 cm³/mol. The van der Waals surface area contributed by atoms with E-state index in [0.29, 0.717) is 5.56 Å². The van der Waals surface area contributed by atoms with Crippen LogP contribution in [0.25, 0.3) is 0 Å². The zero-order chi connectivity index (χ0) is 13.9. The van der Waals surface area contributed by atoms with E-state index < -0.39 is 0 Å². The molecular formula is C15H12BrN3S. The van der Waals surface area contributed by atoms with Gasteiger partial charge in [-0.2, -0.15) is 5.26 Å². The fraction of sp³-hybridized carbons (Fsp3) is 0.267. The van der Waals surface area contributed by atoms with Crippen molar-refractivity contribution in [1.29, 1.82) is 5.26 Å². The molecule has 3 rings (SSSR count). The van der Waals surface area contributed by atoms with Crippen LogP contribution in [0, 0.1) is 11.3 Å². The fourth-order valence-corrected chi connectivity index (χ4v) is 3.64. The second kappa shape index (κ2) is 5.94. The Balaban J connectivity index is 2.01. The number of halogens is 1. The van der Waals surface area contributed by atoms with E-state index in [0.717, 1.165) is 33.1 Å². The normalized spacial score (nSPS) is 13.6. The van der Waals surface area contributed by atoms with Gasteiger partial charge >= 0.3 is 0 Å². The van der Waals surface area contributed by atoms with Gasteiger partial charge < -0.3 is 0 Å². The molecule has 20 heavy (non-hydrogen) atoms. The van der Waals surface area contributed by atoms with E-state index in [-0.39, 0.29) is 0 Å². The summed E-state index contributed by atoms with van der Waals surface area (Å²) in [5.74, 6) is 0. The van der Waals surface area contributed by atoms with E-state index in [2.05, 4.69) is 27.0 Å². The van der Waals surface area contributed by atoms with Crippen molar-refractivity contribution in [2.24, 2.45) is 0 Å². The molecule has 100 valence electrons. The number of aromatic nitrogens is 2. The molecule has 0 saturated carbocycles. The molecule has 0 saturated heterocycles. The van der Waals surface area contributed by atoms with Gasteiger partial charge in [0.15, 0.2) is 0 Å². The minimum atomic E-state index is 0.646. The van der Waals surface area contributed by atoms with Crippen LogP contribution in [0.1, 0.15) is 29.7 Å². The number of aryl methyl sites for hydroxylation is 2. The highest BCUT2D eigenvalue weighted by atomic mass is 79.9. The van der Waals surface area contributed by atoms with Crippen molar-refractivity contribution in [2.45, 2.75) is 35.7 Å². The molecule has 0 spiro atoms. The average molecular weight is 346 g/mol. The molecule has 2 aromatic heterocycles. The summed E-state index contributed by atoms with van der Waals surface area (Å²) in [7, 11) is 0. The van der Waals surface area contributed by atoms with Crippen LogP contribution in [0.5, 0.6) is 0 Å². The van der Waals surface area contributed by atoms with Crippen LogP contribution < -0.4 is 0 Å². The zero-order valence-corrected chi connectivity index (χ0v) is 13.2. The Labute approximate surface area is 130 Å². The van der Waals surface area contributed by atoms with Crippen molar-refractivity contribution in [3.05, 3.63) is 45.7 Å². The molecule has 1 aliphatic rings. The molecule has 0 unspecified atom stereocenters. The number of rotatable bonds is 2. The molecule has 2 heterocycles. The summed E-state index contributed by atoms with van der Waals surface area (Å²) in [4.78, 5) is 9.03. The molecule has 0 fully saturated rings. The van der Waals surface area contributed by atoms with E-state index in [1.165, 1.54) is 30.2 Å². The Bertz CT molecular complexity index is 694. The lowest BCUT2D eigenvalue weighted by Gasteiger charge is -2.16. The molecule has 5 heteroatoms. The van der Waals surface area contributed by atoms with Crippen LogP contribution in [0.4, 0.5) is 0 Å². The Hall–Kier alpha value is -1.38. The number of nitriles is 1. The van der Waals surface area contributed by atoms with Gasteiger partial charge in [0.05, 0.1) is 10.0 Å². The second-order valence-electron chi connectivity index (χ2n) is 4.66. The Morgan fingerprint density at radius 2 is 2.10 bits per heavy atom. The number of hydrogen-bond donors (Lipinski definition) is 0. The van der Waals surface area contributed by atoms with Crippen LogP contribution >= 0.6 is 27.7 Å². The first-order valence-corrected chi connectivity index (χ1v) is 8.10. The molecular weight excluding hydrogens is 334 g/mol. The molecule has 1 aliphatic carbocycles. The predicted octanol–water partition coefficient (Wildman–Crippen LogP) is 4.14. The van der Waals surface area contributed by atoms with Crippen molar-refractivity contribution in [1.82, 2.24) is 9.97 Å². The van der Waals surface area contributed by atoms with E-state index in [1.807, 2.05) is 18.2 Å². The van der Waals surface area contributed by atoms with Gasteiger partial charge in [-0.25, -0.2) is 9.97 Å². The largest absolute Gasteiger partial charge is 0.248 e. The summed E-state index contributed by atoms with van der Waals surface area (Å²) in [6.07, 6.45) is 6.17. The molecule has 0 aliphatic heterocycles. The Morgan fingerprint density at radius 1 is 1.25 bits per heavy atom. The lowest BCUT2D eigenvalue weighted by molar-refractivity contribution is 0.660. The molecule has 0 bridgehead atoms. The third-order valence-electron chi connectivity index (χ3n) is 3.30. The summed E-state index contributed by atoms with van der Waals surface area (Å²) in [5.41, 5.74) is 3.02. The summed E-state index contributed by atoms with van der Waals surface area (Å²) in [6.45, 7) is 0. The molecule has 0 amide bonds. The van der Waals surface area contributed by atoms with Crippen LogP contribution in [0.2, 0.25) is 0 Å². The second-order valence-corrected chi connectivity index (χ2v) is 6.49. The molecule has 2 aromatic rings. The number of fused-ring (bicyclic) bond motifs is 1. The monoisotopic (exact) mass is 345 g/mol. The van der Waals surface area contributed by atoms with Crippen LogP contribution in [-0.2, 0) is 12.8 Å². The van der Waals surface area contributed by atoms with Crippen LogP contribution in [0.15, 0.2) is 38.9 Å². The third kappa shape index (κ3) is 2.72. The van der Waals surface area contributed by atoms with Gasteiger partial charge in [0.2, 0.25) is 0 Å². The van der Waals surface area contributed by atoms with E-state index in [4.69, 9.17) is 4.98 Å². The Kier molecular flexibility index (Phi) is 4.04. The smallest absolute Gasteiger partial charge is 0.120 e. The van der Waals surface area contributed by atoms with E-state index in [9.17, 15) is 5.26 Å². The molecule has 0 N–H and O–H groups in total. The zero-order valence-electron chi connectivity index (χ0n) is 10.8. The SMILES string of the molecule is N#Cc1cc2c(nc1Sc1ncccc1Br)CCCC2. The number of hydrogen-bond acceptors (Lipinski definition) is 4. The van der Waals surface area contributed by atoms with Gasteiger partial charge in [-0.3, -0.25) is 0 Å². The maximum atomic E-state index is 9.33. The lowest BCUT2D eigenvalue weighted by atomic mass is 9.95. The summed E-state index contributed by atoms with van der Waals surface area (Å²) >= 11 is 4.93. The fourth-order valence-electron chi connectivity index (χ4n) is 2.31. The minimum absolute atomic E-state index is 0.646. The van der Waals surface area contributed by atoms with Crippen molar-refractivity contribution >= 4 is 27.7 Å². The van der Waals surface area contributed by atoms with Gasteiger partial charge in [0.25, 0.3) is 0 Å². The maximum Gasteiger partial charge on any atom is 0.120 e. The molecule has 0 aromatic carbocycles. The standard InChI is InChI=1S/C15H12BrN3S/c16-12-5-3-7-18-15(12)20-14-11(9-17)8-10-4-1-2-6-13(10)19-14/h3,5,7-8H,1-2,4,6H2. The van der Waals surface area contributed by atoms with E-state index in [1.54, 1.807) is 6.20 Å². The first-order chi connectivity index (χ1) is 9.78. The van der Waals surface area contributed by atoms with Crippen molar-refractivity contribution in [2.75, 3.05) is 0 Å². The Morgan fingerprint density at radius 3 is 2.90 bits per heavy atom. The topological polar surface area (TPSA) is 49.6 Å². The van der Waals surface area contributed by atoms with Crippen molar-refractivity contribution in [3.63, 3.8) is 0 Å². The molecule has 0 atom stereocenters. The van der Waals surface area contributed by atoms with Crippen LogP contribution in [0.3, 0.4) is 0 Å². The summed E-state index contributed by atoms with van der Waals surface area (Å²) in [5, 5.41) is 10.9. The first kappa shape index (κ1) is 13.6. The molecule has 3 nitrogen and oxygen atoms in total. The van der Waals surface area contributed by atoms with Gasteiger partial charge in [-0.1, -0.05) is 0 Å². The highest BCUT2D eigenvalue weighted by Gasteiger charge is 2.16. The van der Waals surface area contributed by atoms with Gasteiger partial charge in [0.1, 0.15) is 16.1 Å². The van der Waals surface area contributed by atoms with Crippen molar-refractivity contribution < 1.29 is 0 Å². The van der Waals surface area contributed by atoms with Crippen molar-refractivity contribution in [3.8, 4) is 6.07 Å². The van der Waals surface area contributed by atoms with Crippen LogP contribution in [-0.4, -0.2) is 9.97 Å². The lowest BCUT2D eigenvalue weighted by Crippen LogP contribution is -2.07. The highest BCUT2D eigenvalue weighted by molar-refractivity contribution is 9.10. The van der Waals surface area contributed by atoms with E-state index >= 15 is 0 Å². The number of nitrogens with zero attached hydrogens (tertiary/aromatic N) is 3. The third-order valence-corrected chi connectivity index (χ3v) is 5.23.